The second-order valence-corrected chi connectivity index (χ2v) is 4.13. The van der Waals surface area contributed by atoms with Gasteiger partial charge in [0.05, 0.1) is 0 Å². The highest BCUT2D eigenvalue weighted by atomic mass is 19.1. The van der Waals surface area contributed by atoms with Gasteiger partial charge in [0.1, 0.15) is 6.67 Å². The average Bonchev–Trinajstić information content (AvgIpc) is 2.28. The van der Waals surface area contributed by atoms with Gasteiger partial charge >= 0.3 is 0 Å². The van der Waals surface area contributed by atoms with Crippen LogP contribution < -0.4 is 5.73 Å². The molecule has 2 heteroatoms. The Labute approximate surface area is 84.1 Å². The summed E-state index contributed by atoms with van der Waals surface area (Å²) in [4.78, 5) is 0. The molecule has 0 saturated carbocycles. The molecule has 1 unspecified atom stereocenters. The van der Waals surface area contributed by atoms with Crippen molar-refractivity contribution in [2.24, 2.45) is 5.73 Å². The van der Waals surface area contributed by atoms with Crippen LogP contribution in [0.5, 0.6) is 0 Å². The molecule has 0 bridgehead atoms. The first-order valence-corrected chi connectivity index (χ1v) is 5.17. The summed E-state index contributed by atoms with van der Waals surface area (Å²) in [6.45, 7) is 0.0844. The van der Waals surface area contributed by atoms with E-state index in [2.05, 4.69) is 6.07 Å². The van der Waals surface area contributed by atoms with Crippen molar-refractivity contribution in [1.29, 1.82) is 0 Å². The Hall–Kier alpha value is -0.890. The molecule has 0 saturated heterocycles. The minimum Gasteiger partial charge on any atom is -0.329 e. The maximum absolute atomic E-state index is 13.1. The van der Waals surface area contributed by atoms with E-state index in [-0.39, 0.29) is 6.67 Å². The van der Waals surface area contributed by atoms with E-state index in [0.717, 1.165) is 24.8 Å². The second-order valence-electron chi connectivity index (χ2n) is 4.13. The van der Waals surface area contributed by atoms with Gasteiger partial charge in [-0.1, -0.05) is 24.3 Å². The van der Waals surface area contributed by atoms with Gasteiger partial charge in [-0.3, -0.25) is 4.39 Å². The Morgan fingerprint density at radius 1 is 1.36 bits per heavy atom. The summed E-state index contributed by atoms with van der Waals surface area (Å²) >= 11 is 0. The summed E-state index contributed by atoms with van der Waals surface area (Å²) in [5, 5.41) is 0. The molecule has 0 aromatic heterocycles. The fourth-order valence-corrected chi connectivity index (χ4v) is 2.41. The van der Waals surface area contributed by atoms with Crippen LogP contribution in [0.25, 0.3) is 0 Å². The van der Waals surface area contributed by atoms with Crippen molar-refractivity contribution in [3.63, 3.8) is 0 Å². The minimum atomic E-state index is -0.394. The third-order valence-electron chi connectivity index (χ3n) is 3.34. The highest BCUT2D eigenvalue weighted by Crippen LogP contribution is 2.36. The van der Waals surface area contributed by atoms with Crippen molar-refractivity contribution in [2.45, 2.75) is 24.7 Å². The highest BCUT2D eigenvalue weighted by molar-refractivity contribution is 5.37. The maximum Gasteiger partial charge on any atom is 0.100 e. The van der Waals surface area contributed by atoms with Gasteiger partial charge in [0.25, 0.3) is 0 Å². The lowest BCUT2D eigenvalue weighted by atomic mass is 9.71. The Morgan fingerprint density at radius 2 is 2.14 bits per heavy atom. The van der Waals surface area contributed by atoms with Crippen LogP contribution >= 0.6 is 0 Å². The monoisotopic (exact) mass is 193 g/mol. The first-order valence-electron chi connectivity index (χ1n) is 5.17. The number of nitrogens with two attached hydrogens (primary N) is 1. The second kappa shape index (κ2) is 3.70. The molecule has 2 rings (SSSR count). The van der Waals surface area contributed by atoms with Crippen LogP contribution in [0, 0.1) is 0 Å². The van der Waals surface area contributed by atoms with Crippen molar-refractivity contribution in [2.75, 3.05) is 13.2 Å². The summed E-state index contributed by atoms with van der Waals surface area (Å²) in [6, 6.07) is 8.11. The number of benzene rings is 1. The van der Waals surface area contributed by atoms with Gasteiger partial charge in [-0.15, -0.1) is 0 Å². The predicted molar refractivity (Wildman–Crippen MR) is 56.1 cm³/mol. The molecule has 1 aromatic carbocycles. The first-order chi connectivity index (χ1) is 6.82. The zero-order valence-electron chi connectivity index (χ0n) is 8.30. The van der Waals surface area contributed by atoms with E-state index in [9.17, 15) is 4.39 Å². The molecule has 1 atom stereocenters. The van der Waals surface area contributed by atoms with Crippen molar-refractivity contribution < 1.29 is 4.39 Å². The Morgan fingerprint density at radius 3 is 2.86 bits per heavy atom. The molecule has 2 N–H and O–H groups in total. The smallest absolute Gasteiger partial charge is 0.100 e. The lowest BCUT2D eigenvalue weighted by Crippen LogP contribution is -2.40. The topological polar surface area (TPSA) is 26.0 Å². The standard InChI is InChI=1S/C12H16FN/c13-8-12(9-14)7-3-5-10-4-1-2-6-11(10)12/h1-2,4,6H,3,5,7-9,14H2. The molecule has 14 heavy (non-hydrogen) atoms. The van der Waals surface area contributed by atoms with Gasteiger partial charge in [-0.25, -0.2) is 0 Å². The quantitative estimate of drug-likeness (QED) is 0.765. The van der Waals surface area contributed by atoms with Gasteiger partial charge < -0.3 is 5.73 Å². The van der Waals surface area contributed by atoms with E-state index >= 15 is 0 Å². The zero-order chi connectivity index (χ0) is 10.0. The molecular formula is C12H16FN. The van der Waals surface area contributed by atoms with Gasteiger partial charge in [0, 0.05) is 12.0 Å². The Bertz CT molecular complexity index is 318. The van der Waals surface area contributed by atoms with Crippen LogP contribution in [0.15, 0.2) is 24.3 Å². The number of fused-ring (bicyclic) bond motifs is 1. The molecular weight excluding hydrogens is 177 g/mol. The van der Waals surface area contributed by atoms with Crippen LogP contribution in [0.4, 0.5) is 4.39 Å². The first kappa shape index (κ1) is 9.66. The summed E-state index contributed by atoms with van der Waals surface area (Å²) in [7, 11) is 0. The van der Waals surface area contributed by atoms with Crippen LogP contribution in [0.2, 0.25) is 0 Å². The van der Waals surface area contributed by atoms with Crippen molar-refractivity contribution in [3.8, 4) is 0 Å². The van der Waals surface area contributed by atoms with E-state index in [1.54, 1.807) is 0 Å². The molecule has 0 fully saturated rings. The Balaban J connectivity index is 2.48. The molecule has 1 aliphatic rings. The molecule has 1 aliphatic carbocycles. The largest absolute Gasteiger partial charge is 0.329 e. The van der Waals surface area contributed by atoms with Gasteiger partial charge in [-0.05, 0) is 30.4 Å². The zero-order valence-corrected chi connectivity index (χ0v) is 8.30. The van der Waals surface area contributed by atoms with Crippen LogP contribution in [0.3, 0.4) is 0 Å². The minimum absolute atomic E-state index is 0.333. The third-order valence-corrected chi connectivity index (χ3v) is 3.34. The number of aryl methyl sites for hydroxylation is 1. The molecule has 1 nitrogen and oxygen atoms in total. The summed E-state index contributed by atoms with van der Waals surface area (Å²) in [5.41, 5.74) is 7.74. The van der Waals surface area contributed by atoms with E-state index in [4.69, 9.17) is 5.73 Å². The molecule has 0 radical (unpaired) electrons. The number of hydrogen-bond donors (Lipinski definition) is 1. The van der Waals surface area contributed by atoms with Gasteiger partial charge in [-0.2, -0.15) is 0 Å². The van der Waals surface area contributed by atoms with Crippen molar-refractivity contribution in [1.82, 2.24) is 0 Å². The number of rotatable bonds is 2. The van der Waals surface area contributed by atoms with E-state index < -0.39 is 5.41 Å². The number of alkyl halides is 1. The molecule has 76 valence electrons. The molecule has 1 aromatic rings. The highest BCUT2D eigenvalue weighted by Gasteiger charge is 2.35. The molecule has 0 spiro atoms. The van der Waals surface area contributed by atoms with Crippen LogP contribution in [0.1, 0.15) is 24.0 Å². The summed E-state index contributed by atoms with van der Waals surface area (Å²) in [6.07, 6.45) is 3.01. The van der Waals surface area contributed by atoms with Crippen molar-refractivity contribution in [3.05, 3.63) is 35.4 Å². The Kier molecular flexibility index (Phi) is 2.55. The van der Waals surface area contributed by atoms with E-state index in [1.807, 2.05) is 18.2 Å². The van der Waals surface area contributed by atoms with Gasteiger partial charge in [0.15, 0.2) is 0 Å². The molecule has 0 aliphatic heterocycles. The third kappa shape index (κ3) is 1.34. The SMILES string of the molecule is NCC1(CF)CCCc2ccccc21. The lowest BCUT2D eigenvalue weighted by molar-refractivity contribution is 0.274. The van der Waals surface area contributed by atoms with Crippen LogP contribution in [-0.4, -0.2) is 13.2 Å². The van der Waals surface area contributed by atoms with E-state index in [1.165, 1.54) is 5.56 Å². The average molecular weight is 193 g/mol. The lowest BCUT2D eigenvalue weighted by Gasteiger charge is -2.35. The maximum atomic E-state index is 13.1. The van der Waals surface area contributed by atoms with Gasteiger partial charge in [0.2, 0.25) is 0 Å². The normalized spacial score (nSPS) is 25.9. The molecule has 0 heterocycles. The van der Waals surface area contributed by atoms with Crippen molar-refractivity contribution >= 4 is 0 Å². The number of halogens is 1. The van der Waals surface area contributed by atoms with E-state index in [0.29, 0.717) is 6.54 Å². The fraction of sp³-hybridized carbons (Fsp3) is 0.500. The van der Waals surface area contributed by atoms with Crippen LogP contribution in [-0.2, 0) is 11.8 Å². The summed E-state index contributed by atoms with van der Waals surface area (Å²) < 4.78 is 13.1. The molecule has 0 amide bonds. The number of hydrogen-bond acceptors (Lipinski definition) is 1. The summed E-state index contributed by atoms with van der Waals surface area (Å²) in [5.74, 6) is 0. The predicted octanol–water partition coefficient (Wildman–Crippen LogP) is 2.19. The fourth-order valence-electron chi connectivity index (χ4n) is 2.41.